The SMILES string of the molecule is C[C@@H](NC(=O)c1ccc(F)c(F)c1F)C(=O)N1CCc2ccccc2C1. The topological polar surface area (TPSA) is 49.4 Å². The number of fused-ring (bicyclic) bond motifs is 1. The lowest BCUT2D eigenvalue weighted by atomic mass is 9.99. The number of rotatable bonds is 3. The number of amides is 2. The molecule has 7 heteroatoms. The van der Waals surface area contributed by atoms with Crippen molar-refractivity contribution in [1.82, 2.24) is 10.2 Å². The number of benzene rings is 2. The Morgan fingerprint density at radius 1 is 1.04 bits per heavy atom. The van der Waals surface area contributed by atoms with E-state index in [1.54, 1.807) is 4.90 Å². The van der Waals surface area contributed by atoms with E-state index in [0.29, 0.717) is 25.6 Å². The normalized spacial score (nSPS) is 14.5. The third-order valence-corrected chi connectivity index (χ3v) is 4.44. The molecule has 0 saturated carbocycles. The maximum Gasteiger partial charge on any atom is 0.255 e. The van der Waals surface area contributed by atoms with Crippen LogP contribution in [-0.4, -0.2) is 29.3 Å². The van der Waals surface area contributed by atoms with Crippen molar-refractivity contribution in [1.29, 1.82) is 0 Å². The van der Waals surface area contributed by atoms with E-state index in [2.05, 4.69) is 5.32 Å². The summed E-state index contributed by atoms with van der Waals surface area (Å²) in [5.74, 6) is -5.97. The van der Waals surface area contributed by atoms with E-state index in [4.69, 9.17) is 0 Å². The van der Waals surface area contributed by atoms with E-state index in [9.17, 15) is 22.8 Å². The zero-order valence-corrected chi connectivity index (χ0v) is 14.1. The Morgan fingerprint density at radius 3 is 2.46 bits per heavy atom. The van der Waals surface area contributed by atoms with Crippen LogP contribution in [0.25, 0.3) is 0 Å². The highest BCUT2D eigenvalue weighted by molar-refractivity contribution is 5.97. The predicted molar refractivity (Wildman–Crippen MR) is 88.8 cm³/mol. The molecule has 0 unspecified atom stereocenters. The van der Waals surface area contributed by atoms with Crippen LogP contribution in [0.2, 0.25) is 0 Å². The van der Waals surface area contributed by atoms with Gasteiger partial charge in [-0.05, 0) is 36.6 Å². The molecule has 1 atom stereocenters. The molecule has 0 saturated heterocycles. The van der Waals surface area contributed by atoms with E-state index < -0.39 is 35.0 Å². The summed E-state index contributed by atoms with van der Waals surface area (Å²) in [7, 11) is 0. The first-order chi connectivity index (χ1) is 12.4. The van der Waals surface area contributed by atoms with E-state index in [1.165, 1.54) is 12.5 Å². The first kappa shape index (κ1) is 18.0. The number of nitrogens with zero attached hydrogens (tertiary/aromatic N) is 1. The van der Waals surface area contributed by atoms with Gasteiger partial charge in [-0.25, -0.2) is 13.2 Å². The van der Waals surface area contributed by atoms with Crippen molar-refractivity contribution in [2.75, 3.05) is 6.54 Å². The van der Waals surface area contributed by atoms with Crippen molar-refractivity contribution < 1.29 is 22.8 Å². The Kier molecular flexibility index (Phi) is 4.97. The highest BCUT2D eigenvalue weighted by Crippen LogP contribution is 2.19. The summed E-state index contributed by atoms with van der Waals surface area (Å²) in [6, 6.07) is 8.36. The molecular weight excluding hydrogens is 345 g/mol. The van der Waals surface area contributed by atoms with Gasteiger partial charge in [-0.15, -0.1) is 0 Å². The average Bonchev–Trinajstić information content (AvgIpc) is 2.65. The van der Waals surface area contributed by atoms with Crippen LogP contribution in [0.5, 0.6) is 0 Å². The van der Waals surface area contributed by atoms with Crippen molar-refractivity contribution in [3.63, 3.8) is 0 Å². The molecule has 2 aromatic rings. The van der Waals surface area contributed by atoms with Crippen molar-refractivity contribution in [3.05, 3.63) is 70.5 Å². The second-order valence-electron chi connectivity index (χ2n) is 6.20. The van der Waals surface area contributed by atoms with Gasteiger partial charge in [-0.1, -0.05) is 24.3 Å². The lowest BCUT2D eigenvalue weighted by Crippen LogP contribution is -2.48. The highest BCUT2D eigenvalue weighted by Gasteiger charge is 2.27. The summed E-state index contributed by atoms with van der Waals surface area (Å²) < 4.78 is 40.0. The third-order valence-electron chi connectivity index (χ3n) is 4.44. The predicted octanol–water partition coefficient (Wildman–Crippen LogP) is 2.81. The monoisotopic (exact) mass is 362 g/mol. The molecule has 4 nitrogen and oxygen atoms in total. The molecule has 1 aliphatic heterocycles. The van der Waals surface area contributed by atoms with Crippen LogP contribution in [-0.2, 0) is 17.8 Å². The van der Waals surface area contributed by atoms with Gasteiger partial charge in [0.15, 0.2) is 17.5 Å². The maximum absolute atomic E-state index is 13.7. The van der Waals surface area contributed by atoms with Crippen LogP contribution in [0, 0.1) is 17.5 Å². The first-order valence-corrected chi connectivity index (χ1v) is 8.18. The standard InChI is InChI=1S/C19H17F3N2O2/c1-11(23-18(25)14-6-7-15(20)17(22)16(14)21)19(26)24-9-8-12-4-2-3-5-13(12)10-24/h2-7,11H,8-10H2,1H3,(H,23,25)/t11-/m1/s1. The molecule has 2 aromatic carbocycles. The fourth-order valence-electron chi connectivity index (χ4n) is 3.00. The Hall–Kier alpha value is -2.83. The molecular formula is C19H17F3N2O2. The van der Waals surface area contributed by atoms with Gasteiger partial charge in [-0.3, -0.25) is 9.59 Å². The summed E-state index contributed by atoms with van der Waals surface area (Å²) in [5, 5.41) is 2.35. The number of hydrogen-bond donors (Lipinski definition) is 1. The van der Waals surface area contributed by atoms with Crippen molar-refractivity contribution >= 4 is 11.8 Å². The van der Waals surface area contributed by atoms with E-state index in [0.717, 1.165) is 11.6 Å². The van der Waals surface area contributed by atoms with Crippen LogP contribution in [0.3, 0.4) is 0 Å². The molecule has 26 heavy (non-hydrogen) atoms. The van der Waals surface area contributed by atoms with Crippen molar-refractivity contribution in [3.8, 4) is 0 Å². The molecule has 1 N–H and O–H groups in total. The van der Waals surface area contributed by atoms with Crippen LogP contribution < -0.4 is 5.32 Å². The minimum Gasteiger partial charge on any atom is -0.340 e. The largest absolute Gasteiger partial charge is 0.340 e. The zero-order valence-electron chi connectivity index (χ0n) is 14.1. The van der Waals surface area contributed by atoms with E-state index in [1.807, 2.05) is 24.3 Å². The Labute approximate surface area is 148 Å². The molecule has 0 radical (unpaired) electrons. The summed E-state index contributed by atoms with van der Waals surface area (Å²) in [6.45, 7) is 2.41. The fourth-order valence-corrected chi connectivity index (χ4v) is 3.00. The molecule has 3 rings (SSSR count). The lowest BCUT2D eigenvalue weighted by molar-refractivity contribution is -0.133. The quantitative estimate of drug-likeness (QED) is 0.854. The average molecular weight is 362 g/mol. The van der Waals surface area contributed by atoms with Crippen LogP contribution >= 0.6 is 0 Å². The molecule has 136 valence electrons. The zero-order chi connectivity index (χ0) is 18.8. The summed E-state index contributed by atoms with van der Waals surface area (Å²) in [6.07, 6.45) is 0.709. The van der Waals surface area contributed by atoms with Gasteiger partial charge in [0, 0.05) is 13.1 Å². The third kappa shape index (κ3) is 3.42. The minimum atomic E-state index is -1.72. The summed E-state index contributed by atoms with van der Waals surface area (Å²) in [5.41, 5.74) is 1.57. The number of hydrogen-bond acceptors (Lipinski definition) is 2. The molecule has 1 heterocycles. The van der Waals surface area contributed by atoms with Gasteiger partial charge in [-0.2, -0.15) is 0 Å². The van der Waals surface area contributed by atoms with Crippen molar-refractivity contribution in [2.24, 2.45) is 0 Å². The van der Waals surface area contributed by atoms with Gasteiger partial charge in [0.25, 0.3) is 5.91 Å². The van der Waals surface area contributed by atoms with Crippen LogP contribution in [0.15, 0.2) is 36.4 Å². The van der Waals surface area contributed by atoms with E-state index in [-0.39, 0.29) is 5.91 Å². The maximum atomic E-state index is 13.7. The van der Waals surface area contributed by atoms with E-state index >= 15 is 0 Å². The second kappa shape index (κ2) is 7.19. The molecule has 0 spiro atoms. The van der Waals surface area contributed by atoms with Crippen LogP contribution in [0.4, 0.5) is 13.2 Å². The van der Waals surface area contributed by atoms with Gasteiger partial charge < -0.3 is 10.2 Å². The second-order valence-corrected chi connectivity index (χ2v) is 6.20. The Bertz CT molecular complexity index is 870. The highest BCUT2D eigenvalue weighted by atomic mass is 19.2. The van der Waals surface area contributed by atoms with Gasteiger partial charge in [0.1, 0.15) is 6.04 Å². The molecule has 0 bridgehead atoms. The number of nitrogens with one attached hydrogen (secondary N) is 1. The molecule has 0 aliphatic carbocycles. The number of halogens is 3. The number of carbonyl (C=O) groups is 2. The molecule has 0 aromatic heterocycles. The van der Waals surface area contributed by atoms with Gasteiger partial charge in [0.2, 0.25) is 5.91 Å². The summed E-state index contributed by atoms with van der Waals surface area (Å²) >= 11 is 0. The number of carbonyl (C=O) groups excluding carboxylic acids is 2. The molecule has 2 amide bonds. The van der Waals surface area contributed by atoms with Crippen molar-refractivity contribution in [2.45, 2.75) is 25.9 Å². The Morgan fingerprint density at radius 2 is 1.73 bits per heavy atom. The van der Waals surface area contributed by atoms with Crippen LogP contribution in [0.1, 0.15) is 28.4 Å². The smallest absolute Gasteiger partial charge is 0.255 e. The first-order valence-electron chi connectivity index (χ1n) is 8.18. The lowest BCUT2D eigenvalue weighted by Gasteiger charge is -2.31. The fraction of sp³-hybridized carbons (Fsp3) is 0.263. The van der Waals surface area contributed by atoms with Gasteiger partial charge in [0.05, 0.1) is 5.56 Å². The van der Waals surface area contributed by atoms with Gasteiger partial charge >= 0.3 is 0 Å². The Balaban J connectivity index is 1.68. The molecule has 0 fully saturated rings. The molecule has 1 aliphatic rings. The minimum absolute atomic E-state index is 0.323. The summed E-state index contributed by atoms with van der Waals surface area (Å²) in [4.78, 5) is 26.3.